The van der Waals surface area contributed by atoms with Crippen LogP contribution in [0.25, 0.3) is 11.3 Å². The Hall–Kier alpha value is -3.02. The lowest BCUT2D eigenvalue weighted by atomic mass is 10.0. The van der Waals surface area contributed by atoms with Gasteiger partial charge in [0, 0.05) is 31.1 Å². The molecule has 1 aromatic carbocycles. The predicted molar refractivity (Wildman–Crippen MR) is 122 cm³/mol. The molecule has 0 aliphatic rings. The first-order valence-corrected chi connectivity index (χ1v) is 11.2. The van der Waals surface area contributed by atoms with Crippen molar-refractivity contribution in [2.24, 2.45) is 5.92 Å². The number of nitrogens with zero attached hydrogens (tertiary/aromatic N) is 4. The van der Waals surface area contributed by atoms with E-state index in [1.807, 2.05) is 24.4 Å². The maximum Gasteiger partial charge on any atom is 0.336 e. The highest BCUT2D eigenvalue weighted by molar-refractivity contribution is 5.95. The second-order valence-electron chi connectivity index (χ2n) is 8.39. The molecule has 164 valence electrons. The molecule has 0 fully saturated rings. The summed E-state index contributed by atoms with van der Waals surface area (Å²) in [6.45, 7) is 7.52. The summed E-state index contributed by atoms with van der Waals surface area (Å²) in [5, 5.41) is 14.2. The van der Waals surface area contributed by atoms with Crippen molar-refractivity contribution in [1.82, 2.24) is 19.7 Å². The van der Waals surface area contributed by atoms with E-state index in [0.29, 0.717) is 23.6 Å². The van der Waals surface area contributed by atoms with Gasteiger partial charge in [0.05, 0.1) is 11.3 Å². The first kappa shape index (κ1) is 22.7. The van der Waals surface area contributed by atoms with Crippen molar-refractivity contribution in [2.45, 2.75) is 65.8 Å². The molecular weight excluding hydrogens is 388 g/mol. The van der Waals surface area contributed by atoms with Gasteiger partial charge < -0.3 is 5.11 Å². The fraction of sp³-hybridized carbons (Fsp3) is 0.440. The molecule has 0 radical (unpaired) electrons. The molecule has 0 aliphatic carbocycles. The van der Waals surface area contributed by atoms with Crippen molar-refractivity contribution < 1.29 is 9.90 Å². The quantitative estimate of drug-likeness (QED) is 0.420. The summed E-state index contributed by atoms with van der Waals surface area (Å²) >= 11 is 0. The van der Waals surface area contributed by atoms with E-state index in [1.165, 1.54) is 12.8 Å². The first-order chi connectivity index (χ1) is 15.0. The summed E-state index contributed by atoms with van der Waals surface area (Å²) in [4.78, 5) is 20.9. The van der Waals surface area contributed by atoms with Crippen molar-refractivity contribution in [3.8, 4) is 11.3 Å². The summed E-state index contributed by atoms with van der Waals surface area (Å²) < 4.78 is 2.05. The fourth-order valence-corrected chi connectivity index (χ4v) is 3.54. The zero-order chi connectivity index (χ0) is 22.2. The minimum Gasteiger partial charge on any atom is -0.478 e. The Balaban J connectivity index is 1.79. The molecule has 6 nitrogen and oxygen atoms in total. The molecule has 6 heteroatoms. The Labute approximate surface area is 184 Å². The predicted octanol–water partition coefficient (Wildman–Crippen LogP) is 5.41. The molecule has 1 N–H and O–H groups in total. The molecule has 0 bridgehead atoms. The number of aromatic carboxylic acids is 1. The third-order valence-corrected chi connectivity index (χ3v) is 5.33. The van der Waals surface area contributed by atoms with Crippen LogP contribution >= 0.6 is 0 Å². The van der Waals surface area contributed by atoms with Crippen molar-refractivity contribution in [3.63, 3.8) is 0 Å². The number of benzene rings is 1. The highest BCUT2D eigenvalue weighted by Crippen LogP contribution is 2.22. The smallest absolute Gasteiger partial charge is 0.336 e. The lowest BCUT2D eigenvalue weighted by Crippen LogP contribution is -2.07. The van der Waals surface area contributed by atoms with E-state index < -0.39 is 5.97 Å². The third kappa shape index (κ3) is 6.23. The summed E-state index contributed by atoms with van der Waals surface area (Å²) in [6, 6.07) is 10.8. The molecule has 0 atom stereocenters. The van der Waals surface area contributed by atoms with E-state index in [1.54, 1.807) is 18.2 Å². The lowest BCUT2D eigenvalue weighted by molar-refractivity contribution is 0.0697. The monoisotopic (exact) mass is 420 g/mol. The number of unbranched alkanes of at least 4 members (excludes halogenated alkanes) is 2. The largest absolute Gasteiger partial charge is 0.478 e. The summed E-state index contributed by atoms with van der Waals surface area (Å²) in [7, 11) is 0. The fourth-order valence-electron chi connectivity index (χ4n) is 3.54. The van der Waals surface area contributed by atoms with Gasteiger partial charge in [-0.3, -0.25) is 4.98 Å². The van der Waals surface area contributed by atoms with Gasteiger partial charge in [0.25, 0.3) is 0 Å². The number of carboxylic acids is 1. The maximum absolute atomic E-state index is 11.5. The average molecular weight is 421 g/mol. The first-order valence-electron chi connectivity index (χ1n) is 11.2. The van der Waals surface area contributed by atoms with Crippen molar-refractivity contribution in [2.75, 3.05) is 0 Å². The second kappa shape index (κ2) is 10.8. The van der Waals surface area contributed by atoms with Crippen LogP contribution in [-0.4, -0.2) is 30.8 Å². The van der Waals surface area contributed by atoms with Crippen LogP contribution in [0.1, 0.15) is 74.0 Å². The Morgan fingerprint density at radius 1 is 1.13 bits per heavy atom. The number of carbonyl (C=O) groups is 1. The molecule has 0 saturated carbocycles. The number of aryl methyl sites for hydroxylation is 2. The topological polar surface area (TPSA) is 80.9 Å². The van der Waals surface area contributed by atoms with Crippen LogP contribution in [0.4, 0.5) is 0 Å². The van der Waals surface area contributed by atoms with Crippen LogP contribution in [0.15, 0.2) is 42.6 Å². The van der Waals surface area contributed by atoms with E-state index in [9.17, 15) is 9.90 Å². The van der Waals surface area contributed by atoms with Gasteiger partial charge in [-0.05, 0) is 36.5 Å². The van der Waals surface area contributed by atoms with E-state index >= 15 is 0 Å². The molecule has 0 aliphatic heterocycles. The van der Waals surface area contributed by atoms with E-state index in [-0.39, 0.29) is 5.56 Å². The molecule has 0 unspecified atom stereocenters. The second-order valence-corrected chi connectivity index (χ2v) is 8.39. The van der Waals surface area contributed by atoms with Crippen molar-refractivity contribution >= 4 is 5.97 Å². The summed E-state index contributed by atoms with van der Waals surface area (Å²) in [5.74, 6) is 1.56. The molecule has 0 amide bonds. The number of hydrogen-bond donors (Lipinski definition) is 1. The van der Waals surface area contributed by atoms with Crippen LogP contribution in [-0.2, 0) is 19.4 Å². The number of pyridine rings is 1. The highest BCUT2D eigenvalue weighted by Gasteiger charge is 2.14. The molecule has 0 spiro atoms. The minimum absolute atomic E-state index is 0.258. The minimum atomic E-state index is -0.949. The number of rotatable bonds is 11. The summed E-state index contributed by atoms with van der Waals surface area (Å²) in [5.41, 5.74) is 2.58. The maximum atomic E-state index is 11.5. The normalized spacial score (nSPS) is 11.2. The van der Waals surface area contributed by atoms with E-state index in [4.69, 9.17) is 10.1 Å². The van der Waals surface area contributed by atoms with Gasteiger partial charge in [0.2, 0.25) is 0 Å². The lowest BCUT2D eigenvalue weighted by Gasteiger charge is -2.08. The van der Waals surface area contributed by atoms with Crippen LogP contribution in [0.3, 0.4) is 0 Å². The van der Waals surface area contributed by atoms with E-state index in [0.717, 1.165) is 43.0 Å². The third-order valence-electron chi connectivity index (χ3n) is 5.33. The highest BCUT2D eigenvalue weighted by atomic mass is 16.4. The van der Waals surface area contributed by atoms with Gasteiger partial charge in [-0.15, -0.1) is 0 Å². The zero-order valence-corrected chi connectivity index (χ0v) is 18.7. The standard InChI is InChI=1S/C25H32N4O2/c1-4-5-8-15-29-24(27-23(28-29)14-11-18(2)3)16-19-12-13-22(26-17-19)20-9-6-7-10-21(20)25(30)31/h6-7,9-10,12-13,17-18H,4-5,8,11,14-16H2,1-3H3,(H,30,31). The van der Waals surface area contributed by atoms with Crippen LogP contribution in [0.5, 0.6) is 0 Å². The van der Waals surface area contributed by atoms with Gasteiger partial charge in [0.1, 0.15) is 5.82 Å². The van der Waals surface area contributed by atoms with E-state index in [2.05, 4.69) is 30.4 Å². The molecule has 2 aromatic heterocycles. The molecule has 2 heterocycles. The molecular formula is C25H32N4O2. The number of hydrogen-bond acceptors (Lipinski definition) is 4. The van der Waals surface area contributed by atoms with Gasteiger partial charge in [-0.1, -0.05) is 57.9 Å². The Bertz CT molecular complexity index is 993. The molecule has 0 saturated heterocycles. The van der Waals surface area contributed by atoms with Crippen LogP contribution in [0, 0.1) is 5.92 Å². The average Bonchev–Trinajstić information content (AvgIpc) is 3.14. The van der Waals surface area contributed by atoms with Gasteiger partial charge in [0.15, 0.2) is 5.82 Å². The zero-order valence-electron chi connectivity index (χ0n) is 18.7. The van der Waals surface area contributed by atoms with Gasteiger partial charge in [-0.25, -0.2) is 14.5 Å². The van der Waals surface area contributed by atoms with Gasteiger partial charge >= 0.3 is 5.97 Å². The summed E-state index contributed by atoms with van der Waals surface area (Å²) in [6.07, 6.45) is 7.90. The van der Waals surface area contributed by atoms with Crippen LogP contribution < -0.4 is 0 Å². The molecule has 3 rings (SSSR count). The molecule has 31 heavy (non-hydrogen) atoms. The van der Waals surface area contributed by atoms with Crippen molar-refractivity contribution in [3.05, 3.63) is 65.4 Å². The Kier molecular flexibility index (Phi) is 7.93. The molecule has 3 aromatic rings. The number of carboxylic acid groups (broad SMARTS) is 1. The van der Waals surface area contributed by atoms with Crippen LogP contribution in [0.2, 0.25) is 0 Å². The van der Waals surface area contributed by atoms with Crippen molar-refractivity contribution in [1.29, 1.82) is 0 Å². The Morgan fingerprint density at radius 3 is 2.61 bits per heavy atom. The Morgan fingerprint density at radius 2 is 1.94 bits per heavy atom. The number of aromatic nitrogens is 4. The van der Waals surface area contributed by atoms with Gasteiger partial charge in [-0.2, -0.15) is 5.10 Å². The SMILES string of the molecule is CCCCCn1nc(CCC(C)C)nc1Cc1ccc(-c2ccccc2C(=O)O)nc1.